The Bertz CT molecular complexity index is 733. The van der Waals surface area contributed by atoms with E-state index in [1.54, 1.807) is 19.2 Å². The van der Waals surface area contributed by atoms with Crippen LogP contribution in [-0.4, -0.2) is 36.3 Å². The SMILES string of the molecule is COc1cc(CN2CCC[C@H]([C@H](C)O)C2)ccc1OCc1ccc(F)cc1. The third-order valence-corrected chi connectivity index (χ3v) is 5.17. The topological polar surface area (TPSA) is 41.9 Å². The minimum atomic E-state index is -0.260. The van der Waals surface area contributed by atoms with Crippen LogP contribution in [0.3, 0.4) is 0 Å². The summed E-state index contributed by atoms with van der Waals surface area (Å²) in [5.74, 6) is 1.46. The van der Waals surface area contributed by atoms with Crippen molar-refractivity contribution in [2.45, 2.75) is 39.0 Å². The molecule has 1 aliphatic heterocycles. The Kier molecular flexibility index (Phi) is 6.69. The van der Waals surface area contributed by atoms with Gasteiger partial charge in [-0.1, -0.05) is 18.2 Å². The van der Waals surface area contributed by atoms with E-state index < -0.39 is 0 Å². The second-order valence-corrected chi connectivity index (χ2v) is 7.28. The van der Waals surface area contributed by atoms with Crippen molar-refractivity contribution in [2.75, 3.05) is 20.2 Å². The maximum atomic E-state index is 13.0. The van der Waals surface area contributed by atoms with Crippen LogP contribution in [-0.2, 0) is 13.2 Å². The van der Waals surface area contributed by atoms with Crippen molar-refractivity contribution in [3.8, 4) is 11.5 Å². The molecule has 5 heteroatoms. The van der Waals surface area contributed by atoms with Crippen LogP contribution in [0.1, 0.15) is 30.9 Å². The smallest absolute Gasteiger partial charge is 0.161 e. The highest BCUT2D eigenvalue weighted by Gasteiger charge is 2.23. The molecule has 0 aromatic heterocycles. The van der Waals surface area contributed by atoms with Crippen molar-refractivity contribution in [2.24, 2.45) is 5.92 Å². The highest BCUT2D eigenvalue weighted by Crippen LogP contribution is 2.30. The highest BCUT2D eigenvalue weighted by molar-refractivity contribution is 5.43. The zero-order valence-electron chi connectivity index (χ0n) is 16.0. The quantitative estimate of drug-likeness (QED) is 0.796. The van der Waals surface area contributed by atoms with Crippen LogP contribution >= 0.6 is 0 Å². The maximum absolute atomic E-state index is 13.0. The summed E-state index contributed by atoms with van der Waals surface area (Å²) in [6.45, 7) is 5.04. The van der Waals surface area contributed by atoms with Gasteiger partial charge in [0.15, 0.2) is 11.5 Å². The van der Waals surface area contributed by atoms with E-state index in [1.807, 2.05) is 19.1 Å². The Balaban J connectivity index is 1.62. The summed E-state index contributed by atoms with van der Waals surface area (Å²) in [5.41, 5.74) is 2.06. The molecule has 1 aliphatic rings. The molecular formula is C22H28FNO3. The van der Waals surface area contributed by atoms with E-state index in [1.165, 1.54) is 12.1 Å². The number of benzene rings is 2. The minimum Gasteiger partial charge on any atom is -0.493 e. The van der Waals surface area contributed by atoms with E-state index in [0.717, 1.165) is 43.6 Å². The Morgan fingerprint density at radius 3 is 2.59 bits per heavy atom. The van der Waals surface area contributed by atoms with Gasteiger partial charge in [-0.2, -0.15) is 0 Å². The molecule has 3 rings (SSSR count). The summed E-state index contributed by atoms with van der Waals surface area (Å²) in [4.78, 5) is 2.38. The average Bonchev–Trinajstić information content (AvgIpc) is 2.68. The number of likely N-dealkylation sites (tertiary alicyclic amines) is 1. The number of aliphatic hydroxyl groups is 1. The molecule has 1 heterocycles. The lowest BCUT2D eigenvalue weighted by Crippen LogP contribution is -2.39. The standard InChI is InChI=1S/C22H28FNO3/c1-16(25)19-4-3-11-24(14-19)13-18-7-10-21(22(12-18)26-2)27-15-17-5-8-20(23)9-6-17/h5-10,12,16,19,25H,3-4,11,13-15H2,1-2H3/t16-,19-/m0/s1. The molecule has 2 aromatic carbocycles. The predicted molar refractivity (Wildman–Crippen MR) is 103 cm³/mol. The van der Waals surface area contributed by atoms with Crippen LogP contribution in [0.15, 0.2) is 42.5 Å². The lowest BCUT2D eigenvalue weighted by molar-refractivity contribution is 0.0598. The molecule has 0 aliphatic carbocycles. The largest absolute Gasteiger partial charge is 0.493 e. The van der Waals surface area contributed by atoms with Crippen molar-refractivity contribution < 1.29 is 19.0 Å². The molecule has 4 nitrogen and oxygen atoms in total. The number of rotatable bonds is 7. The van der Waals surface area contributed by atoms with E-state index in [0.29, 0.717) is 24.0 Å². The summed E-state index contributed by atoms with van der Waals surface area (Å²) in [6, 6.07) is 12.3. The van der Waals surface area contributed by atoms with E-state index in [-0.39, 0.29) is 11.9 Å². The van der Waals surface area contributed by atoms with Crippen LogP contribution < -0.4 is 9.47 Å². The predicted octanol–water partition coefficient (Wildman–Crippen LogP) is 4.01. The second kappa shape index (κ2) is 9.20. The van der Waals surface area contributed by atoms with Crippen LogP contribution in [0.2, 0.25) is 0 Å². The normalized spacial score (nSPS) is 18.9. The number of hydrogen-bond acceptors (Lipinski definition) is 4. The lowest BCUT2D eigenvalue weighted by Gasteiger charge is -2.34. The first-order chi connectivity index (χ1) is 13.0. The zero-order chi connectivity index (χ0) is 19.2. The summed E-state index contributed by atoms with van der Waals surface area (Å²) >= 11 is 0. The van der Waals surface area contributed by atoms with E-state index in [9.17, 15) is 9.50 Å². The lowest BCUT2D eigenvalue weighted by atomic mass is 9.93. The van der Waals surface area contributed by atoms with Crippen LogP contribution in [0.25, 0.3) is 0 Å². The minimum absolute atomic E-state index is 0.253. The van der Waals surface area contributed by atoms with Crippen molar-refractivity contribution in [3.05, 3.63) is 59.4 Å². The Morgan fingerprint density at radius 2 is 1.89 bits per heavy atom. The molecule has 27 heavy (non-hydrogen) atoms. The number of hydrogen-bond donors (Lipinski definition) is 1. The number of ether oxygens (including phenoxy) is 2. The highest BCUT2D eigenvalue weighted by atomic mass is 19.1. The average molecular weight is 373 g/mol. The fourth-order valence-electron chi connectivity index (χ4n) is 3.56. The van der Waals surface area contributed by atoms with E-state index >= 15 is 0 Å². The van der Waals surface area contributed by atoms with Gasteiger partial charge >= 0.3 is 0 Å². The summed E-state index contributed by atoms with van der Waals surface area (Å²) in [6.07, 6.45) is 1.95. The molecule has 0 radical (unpaired) electrons. The van der Waals surface area contributed by atoms with Gasteiger partial charge in [-0.25, -0.2) is 4.39 Å². The number of aliphatic hydroxyl groups excluding tert-OH is 1. The van der Waals surface area contributed by atoms with Crippen LogP contribution in [0.5, 0.6) is 11.5 Å². The van der Waals surface area contributed by atoms with Crippen molar-refractivity contribution in [3.63, 3.8) is 0 Å². The number of nitrogens with zero attached hydrogens (tertiary/aromatic N) is 1. The number of halogens is 1. The number of methoxy groups -OCH3 is 1. The molecule has 0 unspecified atom stereocenters. The second-order valence-electron chi connectivity index (χ2n) is 7.28. The maximum Gasteiger partial charge on any atom is 0.161 e. The zero-order valence-corrected chi connectivity index (χ0v) is 16.0. The van der Waals surface area contributed by atoms with Crippen LogP contribution in [0, 0.1) is 11.7 Å². The summed E-state index contributed by atoms with van der Waals surface area (Å²) < 4.78 is 24.3. The summed E-state index contributed by atoms with van der Waals surface area (Å²) in [7, 11) is 1.63. The molecule has 2 atom stereocenters. The van der Waals surface area contributed by atoms with Gasteiger partial charge in [-0.05, 0) is 67.6 Å². The molecular weight excluding hydrogens is 345 g/mol. The van der Waals surface area contributed by atoms with Gasteiger partial charge in [-0.3, -0.25) is 4.90 Å². The molecule has 0 bridgehead atoms. The molecule has 1 saturated heterocycles. The Hall–Kier alpha value is -2.11. The number of piperidine rings is 1. The monoisotopic (exact) mass is 373 g/mol. The van der Waals surface area contributed by atoms with Crippen molar-refractivity contribution in [1.82, 2.24) is 4.90 Å². The first kappa shape index (κ1) is 19.6. The van der Waals surface area contributed by atoms with Crippen molar-refractivity contribution >= 4 is 0 Å². The van der Waals surface area contributed by atoms with E-state index in [4.69, 9.17) is 9.47 Å². The van der Waals surface area contributed by atoms with E-state index in [2.05, 4.69) is 11.0 Å². The Morgan fingerprint density at radius 1 is 1.15 bits per heavy atom. The summed E-state index contributed by atoms with van der Waals surface area (Å²) in [5, 5.41) is 9.86. The van der Waals surface area contributed by atoms with Crippen LogP contribution in [0.4, 0.5) is 4.39 Å². The third kappa shape index (κ3) is 5.44. The third-order valence-electron chi connectivity index (χ3n) is 5.17. The fraction of sp³-hybridized carbons (Fsp3) is 0.455. The van der Waals surface area contributed by atoms with Crippen molar-refractivity contribution in [1.29, 1.82) is 0 Å². The Labute approximate surface area is 160 Å². The molecule has 1 fully saturated rings. The van der Waals surface area contributed by atoms with Gasteiger partial charge < -0.3 is 14.6 Å². The van der Waals surface area contributed by atoms with Gasteiger partial charge in [0.2, 0.25) is 0 Å². The molecule has 146 valence electrons. The van der Waals surface area contributed by atoms with Gasteiger partial charge in [0.1, 0.15) is 12.4 Å². The van der Waals surface area contributed by atoms with Gasteiger partial charge in [0, 0.05) is 13.1 Å². The molecule has 2 aromatic rings. The first-order valence-corrected chi connectivity index (χ1v) is 9.49. The van der Waals surface area contributed by atoms with Gasteiger partial charge in [-0.15, -0.1) is 0 Å². The first-order valence-electron chi connectivity index (χ1n) is 9.49. The molecule has 0 amide bonds. The van der Waals surface area contributed by atoms with Gasteiger partial charge in [0.05, 0.1) is 13.2 Å². The molecule has 0 saturated carbocycles. The fourth-order valence-corrected chi connectivity index (χ4v) is 3.56. The molecule has 0 spiro atoms. The van der Waals surface area contributed by atoms with Gasteiger partial charge in [0.25, 0.3) is 0 Å². The molecule has 1 N–H and O–H groups in total.